The Labute approximate surface area is 91.6 Å². The lowest BCUT2D eigenvalue weighted by molar-refractivity contribution is -0.154. The molecule has 4 aliphatic carbocycles. The minimum atomic E-state index is -0.424. The molecule has 0 radical (unpaired) electrons. The SMILES string of the molecule is O=C1OC(=O)[C@@H]2[C@H]3C=C[C@H]([C@H]4CC(=O)[C@@H]34)[C@@H]12. The molecule has 16 heavy (non-hydrogen) atoms. The second kappa shape index (κ2) is 2.44. The third-order valence-corrected chi connectivity index (χ3v) is 4.70. The van der Waals surface area contributed by atoms with Crippen molar-refractivity contribution in [2.75, 3.05) is 0 Å². The van der Waals surface area contributed by atoms with Crippen molar-refractivity contribution in [3.63, 3.8) is 0 Å². The maximum Gasteiger partial charge on any atom is 0.318 e. The van der Waals surface area contributed by atoms with Gasteiger partial charge in [-0.3, -0.25) is 14.4 Å². The van der Waals surface area contributed by atoms with Crippen LogP contribution in [0.15, 0.2) is 12.2 Å². The monoisotopic (exact) mass is 218 g/mol. The van der Waals surface area contributed by atoms with Crippen molar-refractivity contribution in [2.45, 2.75) is 6.42 Å². The molecule has 1 saturated heterocycles. The van der Waals surface area contributed by atoms with Crippen molar-refractivity contribution in [1.82, 2.24) is 0 Å². The van der Waals surface area contributed by atoms with Crippen molar-refractivity contribution in [2.24, 2.45) is 35.5 Å². The molecule has 0 aromatic heterocycles. The third kappa shape index (κ3) is 0.740. The van der Waals surface area contributed by atoms with Crippen LogP contribution in [0.5, 0.6) is 0 Å². The summed E-state index contributed by atoms with van der Waals surface area (Å²) in [5.41, 5.74) is 0. The number of hydrogen-bond acceptors (Lipinski definition) is 4. The van der Waals surface area contributed by atoms with Crippen LogP contribution in [-0.4, -0.2) is 17.7 Å². The summed E-state index contributed by atoms with van der Waals surface area (Å²) < 4.78 is 4.72. The maximum atomic E-state index is 11.6. The van der Waals surface area contributed by atoms with Crippen LogP contribution in [-0.2, 0) is 19.1 Å². The van der Waals surface area contributed by atoms with Crippen LogP contribution in [0.4, 0.5) is 0 Å². The summed E-state index contributed by atoms with van der Waals surface area (Å²) >= 11 is 0. The predicted molar refractivity (Wildman–Crippen MR) is 50.8 cm³/mol. The Balaban J connectivity index is 1.84. The van der Waals surface area contributed by atoms with E-state index in [1.165, 1.54) is 0 Å². The number of carbonyl (C=O) groups excluding carboxylic acids is 3. The van der Waals surface area contributed by atoms with Crippen LogP contribution >= 0.6 is 0 Å². The molecule has 82 valence electrons. The number of esters is 2. The van der Waals surface area contributed by atoms with Gasteiger partial charge in [0.1, 0.15) is 5.78 Å². The molecule has 6 atom stereocenters. The van der Waals surface area contributed by atoms with E-state index in [0.717, 1.165) is 0 Å². The Morgan fingerprint density at radius 2 is 1.56 bits per heavy atom. The van der Waals surface area contributed by atoms with Crippen molar-refractivity contribution < 1.29 is 19.1 Å². The smallest absolute Gasteiger partial charge is 0.318 e. The fourth-order valence-electron chi connectivity index (χ4n) is 4.02. The summed E-state index contributed by atoms with van der Waals surface area (Å²) in [5, 5.41) is 0. The minimum Gasteiger partial charge on any atom is -0.393 e. The van der Waals surface area contributed by atoms with Crippen LogP contribution in [0.25, 0.3) is 0 Å². The van der Waals surface area contributed by atoms with Crippen LogP contribution in [0.2, 0.25) is 0 Å². The number of ketones is 1. The van der Waals surface area contributed by atoms with E-state index >= 15 is 0 Å². The van der Waals surface area contributed by atoms with E-state index in [2.05, 4.69) is 0 Å². The molecule has 1 heterocycles. The average Bonchev–Trinajstić information content (AvgIpc) is 2.54. The molecule has 0 amide bonds. The first-order valence-electron chi connectivity index (χ1n) is 5.65. The number of rotatable bonds is 0. The van der Waals surface area contributed by atoms with E-state index in [1.807, 2.05) is 12.2 Å². The van der Waals surface area contributed by atoms with Gasteiger partial charge in [-0.2, -0.15) is 0 Å². The van der Waals surface area contributed by atoms with Gasteiger partial charge in [-0.1, -0.05) is 12.2 Å². The standard InChI is InChI=1S/C12H10O4/c13-7-3-6-4-1-2-5(8(6)7)10-9(4)11(14)16-12(10)15/h1-2,4-6,8-10H,3H2/t4-,5+,6-,8+,9-,10-/m1/s1. The van der Waals surface area contributed by atoms with E-state index in [4.69, 9.17) is 4.74 Å². The zero-order chi connectivity index (χ0) is 11.0. The van der Waals surface area contributed by atoms with E-state index in [9.17, 15) is 14.4 Å². The highest BCUT2D eigenvalue weighted by molar-refractivity contribution is 6.00. The molecule has 3 fully saturated rings. The summed E-state index contributed by atoms with van der Waals surface area (Å²) in [7, 11) is 0. The van der Waals surface area contributed by atoms with Gasteiger partial charge < -0.3 is 4.74 Å². The number of ether oxygens (including phenoxy) is 1. The highest BCUT2D eigenvalue weighted by Crippen LogP contribution is 2.59. The van der Waals surface area contributed by atoms with Gasteiger partial charge in [0, 0.05) is 18.3 Å². The second-order valence-electron chi connectivity index (χ2n) is 5.19. The van der Waals surface area contributed by atoms with Crippen molar-refractivity contribution >= 4 is 17.7 Å². The Kier molecular flexibility index (Phi) is 1.32. The molecule has 0 N–H and O–H groups in total. The Bertz CT molecular complexity index is 464. The summed E-state index contributed by atoms with van der Waals surface area (Å²) in [6.45, 7) is 0. The molecule has 0 aromatic rings. The summed E-state index contributed by atoms with van der Waals surface area (Å²) in [6.07, 6.45) is 4.53. The number of allylic oxidation sites excluding steroid dienone is 2. The molecule has 2 bridgehead atoms. The largest absolute Gasteiger partial charge is 0.393 e. The summed E-state index contributed by atoms with van der Waals surface area (Å²) in [6, 6.07) is 0. The van der Waals surface area contributed by atoms with Crippen LogP contribution in [0.3, 0.4) is 0 Å². The van der Waals surface area contributed by atoms with Gasteiger partial charge in [0.05, 0.1) is 11.8 Å². The number of hydrogen-bond donors (Lipinski definition) is 0. The molecule has 0 unspecified atom stereocenters. The highest BCUT2D eigenvalue weighted by atomic mass is 16.6. The van der Waals surface area contributed by atoms with Crippen molar-refractivity contribution in [3.8, 4) is 0 Å². The van der Waals surface area contributed by atoms with Gasteiger partial charge in [0.2, 0.25) is 0 Å². The van der Waals surface area contributed by atoms with E-state index in [0.29, 0.717) is 6.42 Å². The van der Waals surface area contributed by atoms with E-state index < -0.39 is 5.97 Å². The molecule has 1 aliphatic heterocycles. The second-order valence-corrected chi connectivity index (χ2v) is 5.19. The molecule has 2 saturated carbocycles. The molecular weight excluding hydrogens is 208 g/mol. The quantitative estimate of drug-likeness (QED) is 0.334. The third-order valence-electron chi connectivity index (χ3n) is 4.70. The Morgan fingerprint density at radius 1 is 0.938 bits per heavy atom. The molecule has 5 aliphatic rings. The first-order valence-corrected chi connectivity index (χ1v) is 5.65. The van der Waals surface area contributed by atoms with Gasteiger partial charge in [-0.25, -0.2) is 0 Å². The lowest BCUT2D eigenvalue weighted by Gasteiger charge is -2.53. The Morgan fingerprint density at radius 3 is 2.25 bits per heavy atom. The first kappa shape index (κ1) is 8.67. The van der Waals surface area contributed by atoms with Crippen molar-refractivity contribution in [1.29, 1.82) is 0 Å². The fraction of sp³-hybridized carbons (Fsp3) is 0.583. The van der Waals surface area contributed by atoms with Crippen molar-refractivity contribution in [3.05, 3.63) is 12.2 Å². The average molecular weight is 218 g/mol. The van der Waals surface area contributed by atoms with Crippen LogP contribution in [0.1, 0.15) is 6.42 Å². The Hall–Kier alpha value is -1.45. The molecule has 4 heteroatoms. The zero-order valence-electron chi connectivity index (χ0n) is 8.46. The van der Waals surface area contributed by atoms with E-state index in [1.54, 1.807) is 0 Å². The number of cyclic esters (lactones) is 2. The van der Waals surface area contributed by atoms with Gasteiger partial charge in [0.25, 0.3) is 0 Å². The predicted octanol–water partition coefficient (Wildman–Crippen LogP) is 0.323. The molecular formula is C12H10O4. The van der Waals surface area contributed by atoms with Gasteiger partial charge in [-0.05, 0) is 11.8 Å². The lowest BCUT2D eigenvalue weighted by atomic mass is 9.46. The fourth-order valence-corrected chi connectivity index (χ4v) is 4.02. The molecule has 4 nitrogen and oxygen atoms in total. The van der Waals surface area contributed by atoms with Gasteiger partial charge >= 0.3 is 11.9 Å². The first-order chi connectivity index (χ1) is 7.68. The number of Topliss-reactive ketones (excluding diaryl/α,β-unsaturated/α-hetero) is 1. The molecule has 0 spiro atoms. The lowest BCUT2D eigenvalue weighted by Crippen LogP contribution is -2.58. The van der Waals surface area contributed by atoms with Crippen LogP contribution in [0, 0.1) is 35.5 Å². The van der Waals surface area contributed by atoms with Crippen LogP contribution < -0.4 is 0 Å². The molecule has 0 aromatic carbocycles. The van der Waals surface area contributed by atoms with Gasteiger partial charge in [0.15, 0.2) is 0 Å². The zero-order valence-corrected chi connectivity index (χ0v) is 8.46. The van der Waals surface area contributed by atoms with Gasteiger partial charge in [-0.15, -0.1) is 0 Å². The maximum absolute atomic E-state index is 11.6. The topological polar surface area (TPSA) is 60.4 Å². The van der Waals surface area contributed by atoms with E-state index in [-0.39, 0.29) is 47.3 Å². The number of carbonyl (C=O) groups is 3. The summed E-state index contributed by atoms with van der Waals surface area (Å²) in [5.74, 6) is -1.02. The minimum absolute atomic E-state index is 0.0188. The highest BCUT2D eigenvalue weighted by Gasteiger charge is 2.65. The summed E-state index contributed by atoms with van der Waals surface area (Å²) in [4.78, 5) is 34.8. The normalized spacial score (nSPS) is 52.1. The molecule has 5 rings (SSSR count).